The van der Waals surface area contributed by atoms with E-state index in [-0.39, 0.29) is 16.2 Å². The third-order valence-corrected chi connectivity index (χ3v) is 3.63. The maximum atomic E-state index is 11.5. The van der Waals surface area contributed by atoms with Crippen molar-refractivity contribution in [3.05, 3.63) is 36.0 Å². The van der Waals surface area contributed by atoms with E-state index in [2.05, 4.69) is 62.7 Å². The number of rotatable bonds is 1. The summed E-state index contributed by atoms with van der Waals surface area (Å²) in [7, 11) is 0. The molecule has 2 aromatic rings. The molecule has 2 heterocycles. The topological polar surface area (TPSA) is 78.9 Å². The van der Waals surface area contributed by atoms with Gasteiger partial charge in [0.1, 0.15) is 10.2 Å². The maximum Gasteiger partial charge on any atom is 0.269 e. The van der Waals surface area contributed by atoms with E-state index in [1.807, 2.05) is 0 Å². The van der Waals surface area contributed by atoms with E-state index in [0.717, 1.165) is 4.47 Å². The van der Waals surface area contributed by atoms with Gasteiger partial charge in [0.15, 0.2) is 5.82 Å². The minimum atomic E-state index is -0.468. The number of pyridine rings is 1. The monoisotopic (exact) mass is 423 g/mol. The summed E-state index contributed by atoms with van der Waals surface area (Å²) in [5.74, 6) is -0.185. The standard InChI is InChI=1S/C9H4Br3N3O2/c10-3-1-4(11)6(13-2-3)7-14-8(16)5(12)9(17)15-7/h1-2H,(H2,14,15,16,17). The molecule has 2 aromatic heterocycles. The van der Waals surface area contributed by atoms with Crippen LogP contribution in [0.2, 0.25) is 0 Å². The Morgan fingerprint density at radius 2 is 2.00 bits per heavy atom. The zero-order valence-electron chi connectivity index (χ0n) is 8.04. The lowest BCUT2D eigenvalue weighted by atomic mass is 10.3. The number of hydrogen-bond acceptors (Lipinski definition) is 4. The van der Waals surface area contributed by atoms with Gasteiger partial charge in [0.2, 0.25) is 5.88 Å². The zero-order valence-corrected chi connectivity index (χ0v) is 12.8. The van der Waals surface area contributed by atoms with Crippen LogP contribution in [0.25, 0.3) is 11.5 Å². The molecule has 0 amide bonds. The first-order chi connectivity index (χ1) is 7.99. The van der Waals surface area contributed by atoms with Gasteiger partial charge in [0.05, 0.1) is 0 Å². The molecule has 0 atom stereocenters. The molecule has 17 heavy (non-hydrogen) atoms. The molecular formula is C9H4Br3N3O2. The van der Waals surface area contributed by atoms with Crippen LogP contribution in [0, 0.1) is 0 Å². The molecule has 0 spiro atoms. The smallest absolute Gasteiger partial charge is 0.269 e. The van der Waals surface area contributed by atoms with Crippen molar-refractivity contribution in [1.29, 1.82) is 0 Å². The third kappa shape index (κ3) is 2.58. The van der Waals surface area contributed by atoms with E-state index in [0.29, 0.717) is 10.2 Å². The van der Waals surface area contributed by atoms with E-state index in [9.17, 15) is 9.90 Å². The molecule has 0 aliphatic rings. The molecule has 0 unspecified atom stereocenters. The van der Waals surface area contributed by atoms with Gasteiger partial charge >= 0.3 is 0 Å². The number of hydrogen-bond donors (Lipinski definition) is 2. The number of nitrogens with zero attached hydrogens (tertiary/aromatic N) is 2. The molecule has 0 fully saturated rings. The summed E-state index contributed by atoms with van der Waals surface area (Å²) < 4.78 is 1.43. The van der Waals surface area contributed by atoms with E-state index in [1.54, 1.807) is 12.3 Å². The normalized spacial score (nSPS) is 10.5. The highest BCUT2D eigenvalue weighted by Gasteiger charge is 2.12. The number of H-pyrrole nitrogens is 1. The van der Waals surface area contributed by atoms with Crippen LogP contribution < -0.4 is 5.56 Å². The van der Waals surface area contributed by atoms with E-state index < -0.39 is 5.56 Å². The van der Waals surface area contributed by atoms with Crippen LogP contribution in [-0.4, -0.2) is 20.1 Å². The fourth-order valence-electron chi connectivity index (χ4n) is 1.15. The number of aromatic hydroxyl groups is 1. The molecule has 0 bridgehead atoms. The number of nitrogens with one attached hydrogen (secondary N) is 1. The Morgan fingerprint density at radius 1 is 1.29 bits per heavy atom. The van der Waals surface area contributed by atoms with E-state index >= 15 is 0 Å². The molecule has 2 rings (SSSR count). The summed E-state index contributed by atoms with van der Waals surface area (Å²) in [5.41, 5.74) is -0.0304. The fourth-order valence-corrected chi connectivity index (χ4v) is 2.51. The van der Waals surface area contributed by atoms with Crippen molar-refractivity contribution >= 4 is 47.8 Å². The minimum Gasteiger partial charge on any atom is -0.492 e. The van der Waals surface area contributed by atoms with Crippen molar-refractivity contribution in [2.24, 2.45) is 0 Å². The summed E-state index contributed by atoms with van der Waals surface area (Å²) in [6.45, 7) is 0. The lowest BCUT2D eigenvalue weighted by Gasteiger charge is -2.04. The first-order valence-electron chi connectivity index (χ1n) is 4.29. The lowest BCUT2D eigenvalue weighted by molar-refractivity contribution is 0.448. The van der Waals surface area contributed by atoms with Crippen LogP contribution in [-0.2, 0) is 0 Å². The molecule has 8 heteroatoms. The van der Waals surface area contributed by atoms with Crippen molar-refractivity contribution in [3.8, 4) is 17.4 Å². The average molecular weight is 426 g/mol. The van der Waals surface area contributed by atoms with Crippen LogP contribution in [0.5, 0.6) is 5.88 Å². The molecule has 0 radical (unpaired) electrons. The quantitative estimate of drug-likeness (QED) is 0.736. The third-order valence-electron chi connectivity index (χ3n) is 1.88. The number of halogens is 3. The Balaban J connectivity index is 2.65. The van der Waals surface area contributed by atoms with Crippen LogP contribution >= 0.6 is 47.8 Å². The second-order valence-corrected chi connectivity index (χ2v) is 5.60. The second kappa shape index (κ2) is 4.87. The molecule has 0 saturated carbocycles. The van der Waals surface area contributed by atoms with Gasteiger partial charge in [-0.25, -0.2) is 0 Å². The molecule has 0 aliphatic carbocycles. The van der Waals surface area contributed by atoms with Crippen molar-refractivity contribution in [1.82, 2.24) is 15.0 Å². The van der Waals surface area contributed by atoms with Gasteiger partial charge in [0.25, 0.3) is 5.56 Å². The summed E-state index contributed by atoms with van der Waals surface area (Å²) in [6, 6.07) is 1.77. The highest BCUT2D eigenvalue weighted by molar-refractivity contribution is 9.11. The maximum absolute atomic E-state index is 11.5. The van der Waals surface area contributed by atoms with Gasteiger partial charge < -0.3 is 10.1 Å². The van der Waals surface area contributed by atoms with E-state index in [4.69, 9.17) is 0 Å². The highest BCUT2D eigenvalue weighted by atomic mass is 79.9. The summed E-state index contributed by atoms with van der Waals surface area (Å²) >= 11 is 9.49. The largest absolute Gasteiger partial charge is 0.492 e. The first kappa shape index (κ1) is 12.7. The van der Waals surface area contributed by atoms with Gasteiger partial charge in [-0.3, -0.25) is 9.78 Å². The molecule has 0 aliphatic heterocycles. The van der Waals surface area contributed by atoms with Gasteiger partial charge in [-0.2, -0.15) is 4.98 Å². The van der Waals surface area contributed by atoms with Crippen molar-refractivity contribution in [2.75, 3.05) is 0 Å². The van der Waals surface area contributed by atoms with Gasteiger partial charge in [-0.1, -0.05) is 0 Å². The van der Waals surface area contributed by atoms with Gasteiger partial charge in [0, 0.05) is 15.1 Å². The highest BCUT2D eigenvalue weighted by Crippen LogP contribution is 2.27. The average Bonchev–Trinajstić information content (AvgIpc) is 2.25. The molecular weight excluding hydrogens is 422 g/mol. The predicted octanol–water partition coefficient (Wildman–Crippen LogP) is 2.82. The van der Waals surface area contributed by atoms with Crippen molar-refractivity contribution in [2.45, 2.75) is 0 Å². The SMILES string of the molecule is O=c1[nH]c(-c2ncc(Br)cc2Br)nc(O)c1Br. The van der Waals surface area contributed by atoms with Crippen molar-refractivity contribution < 1.29 is 5.11 Å². The van der Waals surface area contributed by atoms with Crippen LogP contribution in [0.15, 0.2) is 30.5 Å². The number of aromatic nitrogens is 3. The van der Waals surface area contributed by atoms with Crippen LogP contribution in [0.3, 0.4) is 0 Å². The molecule has 5 nitrogen and oxygen atoms in total. The minimum absolute atomic E-state index is 0.00511. The zero-order chi connectivity index (χ0) is 12.6. The summed E-state index contributed by atoms with van der Waals surface area (Å²) in [5, 5.41) is 9.46. The van der Waals surface area contributed by atoms with Gasteiger partial charge in [-0.05, 0) is 53.9 Å². The Kier molecular flexibility index (Phi) is 3.64. The second-order valence-electron chi connectivity index (χ2n) is 3.04. The summed E-state index contributed by atoms with van der Waals surface area (Å²) in [6.07, 6.45) is 1.57. The molecule has 0 saturated heterocycles. The molecule has 2 N–H and O–H groups in total. The predicted molar refractivity (Wildman–Crippen MR) is 72.9 cm³/mol. The lowest BCUT2D eigenvalue weighted by Crippen LogP contribution is -2.10. The van der Waals surface area contributed by atoms with Gasteiger partial charge in [-0.15, -0.1) is 0 Å². The molecule has 88 valence electrons. The number of aromatic amines is 1. The Bertz CT molecular complexity index is 642. The summed E-state index contributed by atoms with van der Waals surface area (Å²) in [4.78, 5) is 21.9. The Hall–Kier alpha value is -0.730. The fraction of sp³-hybridized carbons (Fsp3) is 0. The first-order valence-corrected chi connectivity index (χ1v) is 6.67. The van der Waals surface area contributed by atoms with Crippen LogP contribution in [0.4, 0.5) is 0 Å². The van der Waals surface area contributed by atoms with E-state index in [1.165, 1.54) is 0 Å². The van der Waals surface area contributed by atoms with Crippen molar-refractivity contribution in [3.63, 3.8) is 0 Å². The van der Waals surface area contributed by atoms with Crippen LogP contribution in [0.1, 0.15) is 0 Å². The Morgan fingerprint density at radius 3 is 2.59 bits per heavy atom. The molecule has 0 aromatic carbocycles. The Labute approximate surface area is 121 Å².